The van der Waals surface area contributed by atoms with E-state index in [1.165, 1.54) is 0 Å². The minimum atomic E-state index is -0.0841. The van der Waals surface area contributed by atoms with Crippen LogP contribution >= 0.6 is 15.9 Å². The standard InChI is InChI=1S/C9H8BBrN2O/c11-7-3-6-4-10(5-12)2-1-8(6)13-9(7)14/h3H,1-2,4H2,(H,13,14). The number of pyridine rings is 1. The first-order valence-electron chi connectivity index (χ1n) is 4.51. The number of halogens is 1. The number of aromatic amines is 1. The molecule has 0 saturated carbocycles. The SMILES string of the molecule is N#CB1CCc2[nH]c(=O)c(Br)cc2C1. The van der Waals surface area contributed by atoms with E-state index in [0.29, 0.717) is 4.47 Å². The molecule has 0 radical (unpaired) electrons. The van der Waals surface area contributed by atoms with Gasteiger partial charge in [-0.25, -0.2) is 5.26 Å². The predicted octanol–water partition coefficient (Wildman–Crippen LogP) is 1.33. The van der Waals surface area contributed by atoms with E-state index in [-0.39, 0.29) is 12.3 Å². The van der Waals surface area contributed by atoms with Gasteiger partial charge < -0.3 is 4.98 Å². The van der Waals surface area contributed by atoms with E-state index in [9.17, 15) is 4.79 Å². The number of hydrogen-bond donors (Lipinski definition) is 1. The van der Waals surface area contributed by atoms with Crippen molar-refractivity contribution in [1.82, 2.24) is 4.98 Å². The van der Waals surface area contributed by atoms with E-state index in [2.05, 4.69) is 26.9 Å². The van der Waals surface area contributed by atoms with Gasteiger partial charge in [-0.2, -0.15) is 0 Å². The lowest BCUT2D eigenvalue weighted by Gasteiger charge is -2.16. The third kappa shape index (κ3) is 1.62. The lowest BCUT2D eigenvalue weighted by Crippen LogP contribution is -2.25. The number of rotatable bonds is 0. The Morgan fingerprint density at radius 3 is 3.14 bits per heavy atom. The fourth-order valence-electron chi connectivity index (χ4n) is 1.78. The van der Waals surface area contributed by atoms with Crippen LogP contribution in [0.1, 0.15) is 11.3 Å². The summed E-state index contributed by atoms with van der Waals surface area (Å²) in [6.07, 6.45) is 2.40. The van der Waals surface area contributed by atoms with Crippen molar-refractivity contribution in [2.75, 3.05) is 0 Å². The van der Waals surface area contributed by atoms with Gasteiger partial charge in [-0.1, -0.05) is 6.32 Å². The van der Waals surface area contributed by atoms with Gasteiger partial charge in [0.15, 0.2) is 0 Å². The highest BCUT2D eigenvalue weighted by molar-refractivity contribution is 9.10. The molecule has 2 heterocycles. The predicted molar refractivity (Wildman–Crippen MR) is 58.3 cm³/mol. The normalized spacial score (nSPS) is 14.7. The molecule has 0 amide bonds. The van der Waals surface area contributed by atoms with Gasteiger partial charge in [0.2, 0.25) is 0 Å². The zero-order chi connectivity index (χ0) is 10.1. The average Bonchev–Trinajstić information content (AvgIpc) is 2.19. The number of hydrogen-bond acceptors (Lipinski definition) is 2. The van der Waals surface area contributed by atoms with Gasteiger partial charge >= 0.3 is 0 Å². The molecule has 0 saturated heterocycles. The van der Waals surface area contributed by atoms with E-state index >= 15 is 0 Å². The first-order valence-corrected chi connectivity index (χ1v) is 5.30. The number of nitrogens with zero attached hydrogens (tertiary/aromatic N) is 1. The highest BCUT2D eigenvalue weighted by atomic mass is 79.9. The number of fused-ring (bicyclic) bond motifs is 1. The molecule has 5 heteroatoms. The highest BCUT2D eigenvalue weighted by Crippen LogP contribution is 2.20. The second-order valence-corrected chi connectivity index (χ2v) is 4.37. The van der Waals surface area contributed by atoms with Crippen molar-refractivity contribution in [3.8, 4) is 5.97 Å². The number of aromatic nitrogens is 1. The Kier molecular flexibility index (Phi) is 2.47. The van der Waals surface area contributed by atoms with Crippen molar-refractivity contribution in [3.63, 3.8) is 0 Å². The van der Waals surface area contributed by atoms with Crippen molar-refractivity contribution in [3.05, 3.63) is 32.2 Å². The molecular weight excluding hydrogens is 243 g/mol. The minimum absolute atomic E-state index is 0.0841. The van der Waals surface area contributed by atoms with Crippen LogP contribution in [0.5, 0.6) is 0 Å². The molecule has 14 heavy (non-hydrogen) atoms. The molecule has 1 aromatic heterocycles. The van der Waals surface area contributed by atoms with Gasteiger partial charge in [-0.3, -0.25) is 4.79 Å². The first-order chi connectivity index (χ1) is 6.70. The van der Waals surface area contributed by atoms with E-state index < -0.39 is 0 Å². The summed E-state index contributed by atoms with van der Waals surface area (Å²) in [7, 11) is 0. The summed E-state index contributed by atoms with van der Waals surface area (Å²) in [5, 5.41) is 8.81. The number of H-pyrrole nitrogens is 1. The Balaban J connectivity index is 2.44. The van der Waals surface area contributed by atoms with Gasteiger partial charge in [0.1, 0.15) is 0 Å². The van der Waals surface area contributed by atoms with Crippen LogP contribution in [0.2, 0.25) is 6.32 Å². The third-order valence-corrected chi connectivity index (χ3v) is 3.15. The maximum Gasteiger partial charge on any atom is 0.272 e. The van der Waals surface area contributed by atoms with Gasteiger partial charge in [0, 0.05) is 11.7 Å². The van der Waals surface area contributed by atoms with Crippen LogP contribution in [0, 0.1) is 11.2 Å². The fourth-order valence-corrected chi connectivity index (χ4v) is 2.16. The molecule has 70 valence electrons. The molecule has 0 unspecified atom stereocenters. The summed E-state index contributed by atoms with van der Waals surface area (Å²) in [4.78, 5) is 14.1. The summed E-state index contributed by atoms with van der Waals surface area (Å²) >= 11 is 3.19. The topological polar surface area (TPSA) is 56.6 Å². The molecule has 0 aromatic carbocycles. The first kappa shape index (κ1) is 9.54. The fraction of sp³-hybridized carbons (Fsp3) is 0.333. The van der Waals surface area contributed by atoms with Crippen molar-refractivity contribution in [2.45, 2.75) is 19.1 Å². The van der Waals surface area contributed by atoms with E-state index in [1.54, 1.807) is 0 Å². The van der Waals surface area contributed by atoms with Crippen LogP contribution in [0.25, 0.3) is 0 Å². The highest BCUT2D eigenvalue weighted by Gasteiger charge is 2.23. The maximum atomic E-state index is 11.3. The number of nitrogens with one attached hydrogen (secondary N) is 1. The Hall–Kier alpha value is -1.02. The van der Waals surface area contributed by atoms with Crippen molar-refractivity contribution < 1.29 is 0 Å². The largest absolute Gasteiger partial charge is 0.325 e. The average molecular weight is 251 g/mol. The van der Waals surface area contributed by atoms with E-state index in [1.807, 2.05) is 6.07 Å². The molecule has 0 spiro atoms. The second kappa shape index (κ2) is 3.62. The summed E-state index contributed by atoms with van der Waals surface area (Å²) in [5.41, 5.74) is 2.00. The van der Waals surface area contributed by atoms with E-state index in [0.717, 1.165) is 30.3 Å². The molecule has 0 bridgehead atoms. The molecule has 0 atom stereocenters. The monoisotopic (exact) mass is 250 g/mol. The summed E-state index contributed by atoms with van der Waals surface area (Å²) in [5.74, 6) is 2.27. The third-order valence-electron chi connectivity index (χ3n) is 2.56. The molecule has 1 N–H and O–H groups in total. The summed E-state index contributed by atoms with van der Waals surface area (Å²) in [6, 6.07) is 1.83. The zero-order valence-electron chi connectivity index (χ0n) is 7.51. The van der Waals surface area contributed by atoms with Crippen LogP contribution < -0.4 is 5.56 Å². The number of nitriles is 1. The molecule has 1 aliphatic rings. The van der Waals surface area contributed by atoms with Crippen LogP contribution in [0.3, 0.4) is 0 Å². The smallest absolute Gasteiger partial charge is 0.272 e. The van der Waals surface area contributed by atoms with Crippen LogP contribution in [-0.2, 0) is 12.7 Å². The zero-order valence-corrected chi connectivity index (χ0v) is 9.10. The van der Waals surface area contributed by atoms with Crippen molar-refractivity contribution in [1.29, 1.82) is 5.26 Å². The molecule has 2 rings (SSSR count). The Labute approximate surface area is 90.3 Å². The van der Waals surface area contributed by atoms with Gasteiger partial charge in [-0.05, 0) is 40.3 Å². The Morgan fingerprint density at radius 2 is 2.43 bits per heavy atom. The van der Waals surface area contributed by atoms with Crippen molar-refractivity contribution in [2.24, 2.45) is 0 Å². The quantitative estimate of drug-likeness (QED) is 0.707. The second-order valence-electron chi connectivity index (χ2n) is 3.52. The van der Waals surface area contributed by atoms with E-state index in [4.69, 9.17) is 5.26 Å². The minimum Gasteiger partial charge on any atom is -0.325 e. The molecular formula is C9H8BBrN2O. The van der Waals surface area contributed by atoms with Gasteiger partial charge in [0.05, 0.1) is 4.47 Å². The maximum absolute atomic E-state index is 11.3. The van der Waals surface area contributed by atoms with Crippen LogP contribution in [0.15, 0.2) is 15.3 Å². The van der Waals surface area contributed by atoms with Crippen molar-refractivity contribution >= 4 is 22.6 Å². The molecule has 1 aliphatic heterocycles. The van der Waals surface area contributed by atoms with Crippen LogP contribution in [-0.4, -0.2) is 11.7 Å². The van der Waals surface area contributed by atoms with Gasteiger partial charge in [-0.15, -0.1) is 0 Å². The molecule has 3 nitrogen and oxygen atoms in total. The Bertz CT molecular complexity index is 463. The number of aryl methyl sites for hydroxylation is 1. The molecule has 0 fully saturated rings. The lowest BCUT2D eigenvalue weighted by molar-refractivity contribution is 0.931. The lowest BCUT2D eigenvalue weighted by atomic mass is 9.42. The molecule has 1 aromatic rings. The molecule has 0 aliphatic carbocycles. The summed E-state index contributed by atoms with van der Waals surface area (Å²) < 4.78 is 0.551. The Morgan fingerprint density at radius 1 is 1.64 bits per heavy atom. The van der Waals surface area contributed by atoms with Gasteiger partial charge in [0.25, 0.3) is 12.3 Å². The summed E-state index contributed by atoms with van der Waals surface area (Å²) in [6.45, 7) is 0.0975. The van der Waals surface area contributed by atoms with Crippen LogP contribution in [0.4, 0.5) is 0 Å².